The monoisotopic (exact) mass is 211 g/mol. The van der Waals surface area contributed by atoms with Gasteiger partial charge in [-0.25, -0.2) is 0 Å². The van der Waals surface area contributed by atoms with E-state index in [1.165, 1.54) is 18.4 Å². The Labute approximate surface area is 91.5 Å². The molecule has 1 nitrogen and oxygen atoms in total. The highest BCUT2D eigenvalue weighted by Gasteiger charge is 1.93. The summed E-state index contributed by atoms with van der Waals surface area (Å²) < 4.78 is 0. The first-order valence-electron chi connectivity index (χ1n) is 5.28. The average Bonchev–Trinajstić information content (AvgIpc) is 2.21. The van der Waals surface area contributed by atoms with Crippen molar-refractivity contribution in [3.8, 4) is 0 Å². The summed E-state index contributed by atoms with van der Waals surface area (Å²) in [7, 11) is 0. The smallest absolute Gasteiger partial charge is 0.0406 e. The third-order valence-electron chi connectivity index (χ3n) is 2.16. The lowest BCUT2D eigenvalue weighted by molar-refractivity contribution is 0.640. The maximum absolute atomic E-state index is 5.80. The summed E-state index contributed by atoms with van der Waals surface area (Å²) in [6.45, 7) is 4.42. The van der Waals surface area contributed by atoms with Gasteiger partial charge in [-0.2, -0.15) is 0 Å². The Morgan fingerprint density at radius 1 is 1.14 bits per heavy atom. The van der Waals surface area contributed by atoms with Crippen molar-refractivity contribution in [2.45, 2.75) is 26.2 Å². The Kier molecular flexibility index (Phi) is 5.65. The molecule has 0 fully saturated rings. The molecule has 0 heterocycles. The van der Waals surface area contributed by atoms with Gasteiger partial charge in [0, 0.05) is 5.02 Å². The van der Waals surface area contributed by atoms with Gasteiger partial charge >= 0.3 is 0 Å². The van der Waals surface area contributed by atoms with E-state index in [2.05, 4.69) is 24.4 Å². The number of aryl methyl sites for hydroxylation is 1. The van der Waals surface area contributed by atoms with Gasteiger partial charge in [0.15, 0.2) is 0 Å². The predicted octanol–water partition coefficient (Wildman–Crippen LogP) is 3.27. The van der Waals surface area contributed by atoms with Gasteiger partial charge in [-0.3, -0.25) is 0 Å². The van der Waals surface area contributed by atoms with Crippen molar-refractivity contribution in [3.05, 3.63) is 34.9 Å². The zero-order valence-corrected chi connectivity index (χ0v) is 9.48. The fourth-order valence-corrected chi connectivity index (χ4v) is 1.50. The topological polar surface area (TPSA) is 12.0 Å². The third kappa shape index (κ3) is 4.64. The first kappa shape index (κ1) is 11.5. The summed E-state index contributed by atoms with van der Waals surface area (Å²) in [5.74, 6) is 0. The second-order valence-corrected chi connectivity index (χ2v) is 3.92. The molecule has 0 amide bonds. The van der Waals surface area contributed by atoms with Crippen molar-refractivity contribution < 1.29 is 0 Å². The van der Waals surface area contributed by atoms with Gasteiger partial charge in [0.1, 0.15) is 0 Å². The van der Waals surface area contributed by atoms with Crippen LogP contribution in [0.2, 0.25) is 5.02 Å². The van der Waals surface area contributed by atoms with E-state index in [1.807, 2.05) is 12.1 Å². The van der Waals surface area contributed by atoms with Crippen LogP contribution in [0.3, 0.4) is 0 Å². The minimum absolute atomic E-state index is 0.817. The molecular formula is C12H18ClN. The maximum atomic E-state index is 5.80. The molecule has 1 rings (SSSR count). The summed E-state index contributed by atoms with van der Waals surface area (Å²) in [4.78, 5) is 0. The first-order valence-corrected chi connectivity index (χ1v) is 5.66. The molecule has 0 aliphatic carbocycles. The van der Waals surface area contributed by atoms with Crippen LogP contribution in [-0.2, 0) is 6.42 Å². The number of nitrogens with one attached hydrogen (secondary N) is 1. The summed E-state index contributed by atoms with van der Waals surface area (Å²) in [5, 5.41) is 4.21. The lowest BCUT2D eigenvalue weighted by atomic mass is 10.1. The minimum Gasteiger partial charge on any atom is -0.317 e. The first-order chi connectivity index (χ1) is 6.83. The highest BCUT2D eigenvalue weighted by molar-refractivity contribution is 6.30. The molecule has 0 saturated heterocycles. The van der Waals surface area contributed by atoms with Crippen molar-refractivity contribution in [1.29, 1.82) is 0 Å². The van der Waals surface area contributed by atoms with E-state index < -0.39 is 0 Å². The minimum atomic E-state index is 0.817. The van der Waals surface area contributed by atoms with E-state index in [0.717, 1.165) is 24.5 Å². The molecule has 0 spiro atoms. The van der Waals surface area contributed by atoms with Crippen LogP contribution >= 0.6 is 11.6 Å². The SMILES string of the molecule is CCCNCCCc1ccc(Cl)cc1. The molecule has 14 heavy (non-hydrogen) atoms. The van der Waals surface area contributed by atoms with E-state index in [-0.39, 0.29) is 0 Å². The van der Waals surface area contributed by atoms with Crippen molar-refractivity contribution >= 4 is 11.6 Å². The Bertz CT molecular complexity index is 243. The van der Waals surface area contributed by atoms with Crippen molar-refractivity contribution in [3.63, 3.8) is 0 Å². The van der Waals surface area contributed by atoms with Crippen LogP contribution in [0, 0.1) is 0 Å². The molecular weight excluding hydrogens is 194 g/mol. The maximum Gasteiger partial charge on any atom is 0.0406 e. The number of hydrogen-bond acceptors (Lipinski definition) is 1. The molecule has 1 aromatic carbocycles. The van der Waals surface area contributed by atoms with E-state index >= 15 is 0 Å². The van der Waals surface area contributed by atoms with E-state index in [4.69, 9.17) is 11.6 Å². The largest absolute Gasteiger partial charge is 0.317 e. The number of hydrogen-bond donors (Lipinski definition) is 1. The Balaban J connectivity index is 2.15. The fraction of sp³-hybridized carbons (Fsp3) is 0.500. The van der Waals surface area contributed by atoms with Gasteiger partial charge in [-0.1, -0.05) is 30.7 Å². The average molecular weight is 212 g/mol. The Morgan fingerprint density at radius 2 is 1.86 bits per heavy atom. The van der Waals surface area contributed by atoms with E-state index in [0.29, 0.717) is 0 Å². The molecule has 0 aliphatic rings. The summed E-state index contributed by atoms with van der Waals surface area (Å²) >= 11 is 5.80. The van der Waals surface area contributed by atoms with Crippen LogP contribution in [0.1, 0.15) is 25.3 Å². The zero-order valence-electron chi connectivity index (χ0n) is 8.72. The molecule has 1 aromatic rings. The molecule has 0 atom stereocenters. The van der Waals surface area contributed by atoms with Crippen LogP contribution < -0.4 is 5.32 Å². The number of rotatable bonds is 6. The number of benzene rings is 1. The Morgan fingerprint density at radius 3 is 2.50 bits per heavy atom. The quantitative estimate of drug-likeness (QED) is 0.713. The third-order valence-corrected chi connectivity index (χ3v) is 2.41. The molecule has 1 N–H and O–H groups in total. The predicted molar refractivity (Wildman–Crippen MR) is 62.9 cm³/mol. The lowest BCUT2D eigenvalue weighted by Crippen LogP contribution is -2.16. The van der Waals surface area contributed by atoms with Crippen LogP contribution in [0.5, 0.6) is 0 Å². The van der Waals surface area contributed by atoms with Gasteiger partial charge in [-0.15, -0.1) is 0 Å². The molecule has 0 unspecified atom stereocenters. The second-order valence-electron chi connectivity index (χ2n) is 3.48. The zero-order chi connectivity index (χ0) is 10.2. The van der Waals surface area contributed by atoms with Crippen molar-refractivity contribution in [2.24, 2.45) is 0 Å². The molecule has 0 aliphatic heterocycles. The summed E-state index contributed by atoms with van der Waals surface area (Å²) in [6, 6.07) is 8.11. The van der Waals surface area contributed by atoms with Crippen LogP contribution in [-0.4, -0.2) is 13.1 Å². The van der Waals surface area contributed by atoms with Crippen LogP contribution in [0.25, 0.3) is 0 Å². The van der Waals surface area contributed by atoms with E-state index in [1.54, 1.807) is 0 Å². The lowest BCUT2D eigenvalue weighted by Gasteiger charge is -2.03. The highest BCUT2D eigenvalue weighted by Crippen LogP contribution is 2.10. The normalized spacial score (nSPS) is 10.4. The van der Waals surface area contributed by atoms with Crippen molar-refractivity contribution in [1.82, 2.24) is 5.32 Å². The molecule has 0 aromatic heterocycles. The van der Waals surface area contributed by atoms with Crippen LogP contribution in [0.15, 0.2) is 24.3 Å². The van der Waals surface area contributed by atoms with Crippen LogP contribution in [0.4, 0.5) is 0 Å². The summed E-state index contributed by atoms with van der Waals surface area (Å²) in [5.41, 5.74) is 1.37. The molecule has 2 heteroatoms. The van der Waals surface area contributed by atoms with Gasteiger partial charge in [0.25, 0.3) is 0 Å². The van der Waals surface area contributed by atoms with Crippen molar-refractivity contribution in [2.75, 3.05) is 13.1 Å². The summed E-state index contributed by atoms with van der Waals surface area (Å²) in [6.07, 6.45) is 3.54. The van der Waals surface area contributed by atoms with Gasteiger partial charge in [0.05, 0.1) is 0 Å². The van der Waals surface area contributed by atoms with Gasteiger partial charge in [-0.05, 0) is 50.0 Å². The standard InChI is InChI=1S/C12H18ClN/c1-2-9-14-10-3-4-11-5-7-12(13)8-6-11/h5-8,14H,2-4,9-10H2,1H3. The fourth-order valence-electron chi connectivity index (χ4n) is 1.37. The number of halogens is 1. The molecule has 0 saturated carbocycles. The molecule has 78 valence electrons. The highest BCUT2D eigenvalue weighted by atomic mass is 35.5. The van der Waals surface area contributed by atoms with Gasteiger partial charge < -0.3 is 5.32 Å². The molecule has 0 radical (unpaired) electrons. The van der Waals surface area contributed by atoms with Gasteiger partial charge in [0.2, 0.25) is 0 Å². The second kappa shape index (κ2) is 6.86. The Hall–Kier alpha value is -0.530. The van der Waals surface area contributed by atoms with E-state index in [9.17, 15) is 0 Å². The molecule has 0 bridgehead atoms.